The minimum Gasteiger partial charge on any atom is -0.497 e. The van der Waals surface area contributed by atoms with Crippen LogP contribution in [0.15, 0.2) is 50.5 Å². The fourth-order valence-corrected chi connectivity index (χ4v) is 5.20. The quantitative estimate of drug-likeness (QED) is 0.572. The topological polar surface area (TPSA) is 102 Å². The second-order valence-electron chi connectivity index (χ2n) is 7.82. The molecule has 0 atom stereocenters. The Morgan fingerprint density at radius 1 is 1.10 bits per heavy atom. The van der Waals surface area contributed by atoms with Gasteiger partial charge in [-0.15, -0.1) is 10.2 Å². The third-order valence-corrected chi connectivity index (χ3v) is 7.74. The van der Waals surface area contributed by atoms with Crippen molar-refractivity contribution in [3.8, 4) is 17.2 Å². The number of sulfonamides is 1. The van der Waals surface area contributed by atoms with Gasteiger partial charge in [-0.2, -0.15) is 4.31 Å². The minimum atomic E-state index is -3.75. The van der Waals surface area contributed by atoms with Gasteiger partial charge in [0.2, 0.25) is 11.0 Å². The Hall–Kier alpha value is -2.85. The molecule has 1 aliphatic heterocycles. The fraction of sp³-hybridized carbons (Fsp3) is 0.429. The van der Waals surface area contributed by atoms with Crippen molar-refractivity contribution in [3.63, 3.8) is 0 Å². The Morgan fingerprint density at radius 2 is 1.90 bits per heavy atom. The van der Waals surface area contributed by atoms with E-state index in [2.05, 4.69) is 15.1 Å². The molecule has 3 aromatic rings. The van der Waals surface area contributed by atoms with Crippen molar-refractivity contribution < 1.29 is 22.0 Å². The van der Waals surface area contributed by atoms with Gasteiger partial charge < -0.3 is 18.5 Å². The summed E-state index contributed by atoms with van der Waals surface area (Å²) in [4.78, 5) is 2.14. The number of hydrogen-bond acceptors (Lipinski definition) is 8. The second-order valence-corrected chi connectivity index (χ2v) is 9.69. The van der Waals surface area contributed by atoms with Crippen LogP contribution in [0.1, 0.15) is 31.1 Å². The van der Waals surface area contributed by atoms with Gasteiger partial charge >= 0.3 is 0 Å². The number of furan rings is 1. The molecule has 164 valence electrons. The Labute approximate surface area is 180 Å². The van der Waals surface area contributed by atoms with Crippen LogP contribution in [0.4, 0.5) is 5.69 Å². The smallest absolute Gasteiger partial charge is 0.276 e. The van der Waals surface area contributed by atoms with Crippen LogP contribution in [0.25, 0.3) is 11.5 Å². The summed E-state index contributed by atoms with van der Waals surface area (Å²) in [7, 11) is -2.12. The van der Waals surface area contributed by atoms with Gasteiger partial charge in [-0.05, 0) is 25.0 Å². The lowest BCUT2D eigenvalue weighted by Crippen LogP contribution is -2.48. The highest BCUT2D eigenvalue weighted by Crippen LogP contribution is 2.37. The zero-order valence-electron chi connectivity index (χ0n) is 17.2. The highest BCUT2D eigenvalue weighted by molar-refractivity contribution is 7.89. The zero-order chi connectivity index (χ0) is 21.4. The molecule has 9 nitrogen and oxygen atoms in total. The monoisotopic (exact) mass is 444 g/mol. The number of methoxy groups -OCH3 is 1. The summed E-state index contributed by atoms with van der Waals surface area (Å²) in [5.41, 5.74) is 1.49. The van der Waals surface area contributed by atoms with Gasteiger partial charge in [-0.3, -0.25) is 0 Å². The van der Waals surface area contributed by atoms with Crippen LogP contribution in [0, 0.1) is 0 Å². The number of anilines is 1. The van der Waals surface area contributed by atoms with Crippen LogP contribution < -0.4 is 9.64 Å². The van der Waals surface area contributed by atoms with E-state index in [1.165, 1.54) is 23.1 Å². The third kappa shape index (κ3) is 3.81. The number of ether oxygens (including phenoxy) is 1. The van der Waals surface area contributed by atoms with Gasteiger partial charge in [-0.1, -0.05) is 12.5 Å². The maximum Gasteiger partial charge on any atom is 0.276 e. The van der Waals surface area contributed by atoms with Gasteiger partial charge in [0, 0.05) is 49.9 Å². The molecule has 0 amide bonds. The standard InChI is InChI=1S/C21H24N4O5S/c1-28-18-7-3-6-17(13-18)24-8-10-25(11-9-24)31(26,27)19-12-16(14-29-19)21-23-22-20(30-21)15-4-2-5-15/h3,6-7,12-15H,2,4-5,8-11H2,1H3. The lowest BCUT2D eigenvalue weighted by Gasteiger charge is -2.35. The summed E-state index contributed by atoms with van der Waals surface area (Å²) in [5.74, 6) is 1.99. The summed E-state index contributed by atoms with van der Waals surface area (Å²) < 4.78 is 44.0. The molecule has 0 bridgehead atoms. The number of benzene rings is 1. The number of hydrogen-bond donors (Lipinski definition) is 0. The van der Waals surface area contributed by atoms with Gasteiger partial charge in [0.05, 0.1) is 12.7 Å². The average molecular weight is 445 g/mol. The maximum absolute atomic E-state index is 13.1. The molecule has 0 spiro atoms. The van der Waals surface area contributed by atoms with E-state index in [1.807, 2.05) is 24.3 Å². The summed E-state index contributed by atoms with van der Waals surface area (Å²) >= 11 is 0. The van der Waals surface area contributed by atoms with Gasteiger partial charge in [0.15, 0.2) is 0 Å². The Balaban J connectivity index is 1.27. The van der Waals surface area contributed by atoms with E-state index >= 15 is 0 Å². The van der Waals surface area contributed by atoms with Crippen molar-refractivity contribution in [3.05, 3.63) is 42.5 Å². The summed E-state index contributed by atoms with van der Waals surface area (Å²) in [5, 5.41) is 8.04. The molecule has 1 saturated heterocycles. The molecule has 3 heterocycles. The van der Waals surface area contributed by atoms with Gasteiger partial charge in [0.25, 0.3) is 15.9 Å². The molecular weight excluding hydrogens is 420 g/mol. The van der Waals surface area contributed by atoms with Crippen LogP contribution >= 0.6 is 0 Å². The first-order valence-corrected chi connectivity index (χ1v) is 11.8. The molecule has 5 rings (SSSR count). The lowest BCUT2D eigenvalue weighted by atomic mass is 9.85. The fourth-order valence-electron chi connectivity index (χ4n) is 3.86. The van der Waals surface area contributed by atoms with Crippen LogP contribution in [-0.2, 0) is 10.0 Å². The Kier molecular flexibility index (Phi) is 5.19. The van der Waals surface area contributed by atoms with E-state index < -0.39 is 10.0 Å². The number of rotatable bonds is 6. The first kappa shape index (κ1) is 20.1. The average Bonchev–Trinajstić information content (AvgIpc) is 3.43. The van der Waals surface area contributed by atoms with E-state index in [1.54, 1.807) is 7.11 Å². The van der Waals surface area contributed by atoms with E-state index in [-0.39, 0.29) is 11.0 Å². The van der Waals surface area contributed by atoms with Crippen LogP contribution in [0.2, 0.25) is 0 Å². The van der Waals surface area contributed by atoms with Gasteiger partial charge in [-0.25, -0.2) is 8.42 Å². The highest BCUT2D eigenvalue weighted by Gasteiger charge is 2.32. The van der Waals surface area contributed by atoms with E-state index in [9.17, 15) is 8.42 Å². The molecule has 31 heavy (non-hydrogen) atoms. The predicted molar refractivity (Wildman–Crippen MR) is 113 cm³/mol. The molecule has 2 fully saturated rings. The molecule has 1 saturated carbocycles. The Morgan fingerprint density at radius 3 is 2.61 bits per heavy atom. The molecule has 1 aromatic carbocycles. The first-order valence-electron chi connectivity index (χ1n) is 10.4. The van der Waals surface area contributed by atoms with E-state index in [4.69, 9.17) is 13.6 Å². The van der Waals surface area contributed by atoms with Crippen molar-refractivity contribution in [1.82, 2.24) is 14.5 Å². The van der Waals surface area contributed by atoms with Crippen LogP contribution in [0.5, 0.6) is 5.75 Å². The number of aromatic nitrogens is 2. The largest absolute Gasteiger partial charge is 0.497 e. The van der Waals surface area contributed by atoms with Crippen molar-refractivity contribution in [1.29, 1.82) is 0 Å². The first-order chi connectivity index (χ1) is 15.0. The molecule has 2 aromatic heterocycles. The third-order valence-electron chi connectivity index (χ3n) is 5.97. The minimum absolute atomic E-state index is 0.110. The molecule has 10 heteroatoms. The summed E-state index contributed by atoms with van der Waals surface area (Å²) in [6, 6.07) is 9.22. The Bertz CT molecular complexity index is 1160. The second kappa shape index (κ2) is 8.01. The van der Waals surface area contributed by atoms with Gasteiger partial charge in [0.1, 0.15) is 12.0 Å². The molecule has 1 aliphatic carbocycles. The van der Waals surface area contributed by atoms with Crippen molar-refractivity contribution in [2.45, 2.75) is 30.3 Å². The molecule has 0 radical (unpaired) electrons. The lowest BCUT2D eigenvalue weighted by molar-refractivity contribution is 0.338. The SMILES string of the molecule is COc1cccc(N2CCN(S(=O)(=O)c3cc(-c4nnc(C5CCC5)o4)co3)CC2)c1. The predicted octanol–water partition coefficient (Wildman–Crippen LogP) is 3.12. The molecule has 0 unspecified atom stereocenters. The highest BCUT2D eigenvalue weighted by atomic mass is 32.2. The molecule has 2 aliphatic rings. The summed E-state index contributed by atoms with van der Waals surface area (Å²) in [6.07, 6.45) is 4.63. The van der Waals surface area contributed by atoms with E-state index in [0.29, 0.717) is 43.6 Å². The van der Waals surface area contributed by atoms with E-state index in [0.717, 1.165) is 24.3 Å². The maximum atomic E-state index is 13.1. The zero-order valence-corrected chi connectivity index (χ0v) is 18.0. The van der Waals surface area contributed by atoms with Crippen LogP contribution in [-0.4, -0.2) is 56.2 Å². The van der Waals surface area contributed by atoms with Crippen molar-refractivity contribution in [2.75, 3.05) is 38.2 Å². The van der Waals surface area contributed by atoms with Crippen molar-refractivity contribution in [2.24, 2.45) is 0 Å². The molecule has 0 N–H and O–H groups in total. The van der Waals surface area contributed by atoms with Crippen molar-refractivity contribution >= 4 is 15.7 Å². The number of nitrogens with zero attached hydrogens (tertiary/aromatic N) is 4. The summed E-state index contributed by atoms with van der Waals surface area (Å²) in [6.45, 7) is 1.88. The normalized spacial score (nSPS) is 18.2. The molecular formula is C21H24N4O5S. The number of piperazine rings is 1. The van der Waals surface area contributed by atoms with Crippen LogP contribution in [0.3, 0.4) is 0 Å².